The predicted molar refractivity (Wildman–Crippen MR) is 431 cm³/mol. The van der Waals surface area contributed by atoms with E-state index in [1.165, 1.54) is 157 Å². The second-order valence-electron chi connectivity index (χ2n) is 30.5. The van der Waals surface area contributed by atoms with E-state index in [-0.39, 0.29) is 18.8 Å². The number of allylic oxidation sites excluding steroid dienone is 8. The molecule has 8 aliphatic rings. The highest BCUT2D eigenvalue weighted by atomic mass is 16.5. The number of ether oxygens (including phenoxy) is 2. The molecule has 0 fully saturated rings. The smallest absolute Gasteiger partial charge is 0.252 e. The van der Waals surface area contributed by atoms with E-state index in [1.54, 1.807) is 22.3 Å². The van der Waals surface area contributed by atoms with E-state index in [9.17, 15) is 0 Å². The Morgan fingerprint density at radius 2 is 0.786 bits per heavy atom. The van der Waals surface area contributed by atoms with E-state index in [1.807, 2.05) is 60.7 Å². The minimum Gasteiger partial charge on any atom is -0.457 e. The zero-order chi connectivity index (χ0) is 67.9. The molecule has 103 heavy (non-hydrogen) atoms. The third kappa shape index (κ3) is 10.9. The molecular formula is C96H87BN4O2. The molecule has 0 amide bonds. The van der Waals surface area contributed by atoms with Crippen LogP contribution in [0.25, 0.3) is 66.1 Å². The molecule has 12 aromatic rings. The number of rotatable bonds is 13. The Labute approximate surface area is 606 Å². The van der Waals surface area contributed by atoms with Crippen molar-refractivity contribution in [3.8, 4) is 45.5 Å². The Morgan fingerprint density at radius 1 is 0.330 bits per heavy atom. The third-order valence-electron chi connectivity index (χ3n) is 24.8. The molecule has 4 heterocycles. The lowest BCUT2D eigenvalue weighted by molar-refractivity contribution is 0.391. The van der Waals surface area contributed by atoms with Crippen molar-refractivity contribution < 1.29 is 9.47 Å². The molecule has 0 bridgehead atoms. The molecule has 6 aliphatic carbocycles. The lowest BCUT2D eigenvalue weighted by atomic mass is 9.33. The minimum absolute atomic E-state index is 0.0935. The fraction of sp³-hybridized carbons (Fsp3) is 0.250. The van der Waals surface area contributed by atoms with Gasteiger partial charge in [0, 0.05) is 67.5 Å². The zero-order valence-corrected chi connectivity index (χ0v) is 58.9. The third-order valence-corrected chi connectivity index (χ3v) is 24.8. The Morgan fingerprint density at radius 3 is 1.24 bits per heavy atom. The lowest BCUT2D eigenvalue weighted by Gasteiger charge is -2.53. The molecule has 2 aromatic heterocycles. The maximum atomic E-state index is 6.63. The molecule has 6 unspecified atom stereocenters. The molecule has 6 nitrogen and oxygen atoms in total. The molecule has 2 aliphatic heterocycles. The highest BCUT2D eigenvalue weighted by Gasteiger charge is 2.51. The zero-order valence-electron chi connectivity index (χ0n) is 58.9. The summed E-state index contributed by atoms with van der Waals surface area (Å²) in [7, 11) is 0. The second kappa shape index (κ2) is 26.4. The number of hydrogen-bond donors (Lipinski definition) is 0. The molecule has 0 radical (unpaired) electrons. The normalized spacial score (nSPS) is 21.6. The van der Waals surface area contributed by atoms with E-state index in [0.717, 1.165) is 87.2 Å². The van der Waals surface area contributed by atoms with Crippen LogP contribution in [0.2, 0.25) is 0 Å². The van der Waals surface area contributed by atoms with Crippen LogP contribution in [0.15, 0.2) is 295 Å². The van der Waals surface area contributed by atoms with Crippen molar-refractivity contribution in [2.75, 3.05) is 9.80 Å². The number of nitrogens with zero attached hydrogens (tertiary/aromatic N) is 4. The van der Waals surface area contributed by atoms with Crippen LogP contribution in [0.4, 0.5) is 22.7 Å². The fourth-order valence-corrected chi connectivity index (χ4v) is 20.3. The van der Waals surface area contributed by atoms with Gasteiger partial charge in [-0.25, -0.2) is 0 Å². The number of benzene rings is 10. The molecule has 7 heteroatoms. The molecule has 0 saturated carbocycles. The van der Waals surface area contributed by atoms with Gasteiger partial charge in [0.1, 0.15) is 23.0 Å². The standard InChI is InChI=1S/C96H87BN4O2/c1-8-28-64(29-9-1)69-58-92-94-93(59-69)101(96-78(67-34-14-4-15-35-67)46-27-47-79(96)68-36-16-5-17-37-68)91-61-71(99-87-49-25-23-43-81(87)83-63-75(53-57-89(83)99)103-73-40-20-7-21-41-73)51-55-85(91)97(94)84-54-50-70(98-86-48-24-22-42-80(86)82-62-74(52-56-88(82)98)102-72-38-18-6-19-39-72)60-90(84)100(92)95-76(65-30-10-2-11-31-65)44-26-45-77(95)66-32-12-3-13-33-66/h1-2,4,6-10,14,18-25,28-29,32,36,38-44,46,48-63,65,67,77,79,95-96H,3,5,11-13,15-17,26-27,30-31,33-35,37,45,47H2. The quantitative estimate of drug-likeness (QED) is 0.0851. The molecule has 0 spiro atoms. The van der Waals surface area contributed by atoms with Crippen molar-refractivity contribution in [3.63, 3.8) is 0 Å². The number of aromatic nitrogens is 2. The first-order chi connectivity index (χ1) is 51.1. The summed E-state index contributed by atoms with van der Waals surface area (Å²) < 4.78 is 18.4. The summed E-state index contributed by atoms with van der Waals surface area (Å²) in [6, 6.07) is 84.6. The average molecular weight is 1340 g/mol. The van der Waals surface area contributed by atoms with Crippen molar-refractivity contribution >= 4 is 89.5 Å². The van der Waals surface area contributed by atoms with E-state index in [2.05, 4.69) is 231 Å². The van der Waals surface area contributed by atoms with E-state index in [0.29, 0.717) is 23.7 Å². The van der Waals surface area contributed by atoms with Crippen LogP contribution in [0, 0.1) is 23.7 Å². The van der Waals surface area contributed by atoms with Gasteiger partial charge in [-0.05, 0) is 275 Å². The van der Waals surface area contributed by atoms with Crippen LogP contribution in [0.5, 0.6) is 23.0 Å². The summed E-state index contributed by atoms with van der Waals surface area (Å²) in [6.07, 6.45) is 41.8. The van der Waals surface area contributed by atoms with Gasteiger partial charge < -0.3 is 28.4 Å². The Kier molecular flexibility index (Phi) is 16.0. The lowest BCUT2D eigenvalue weighted by Crippen LogP contribution is -2.65. The minimum atomic E-state index is -0.0935. The molecule has 6 atom stereocenters. The second-order valence-corrected chi connectivity index (χ2v) is 30.5. The fourth-order valence-electron chi connectivity index (χ4n) is 20.3. The first kappa shape index (κ1) is 62.3. The van der Waals surface area contributed by atoms with Crippen molar-refractivity contribution in [2.45, 2.75) is 128 Å². The summed E-state index contributed by atoms with van der Waals surface area (Å²) in [5.74, 6) is 4.93. The SMILES string of the molecule is C1=CCC(C2=CCCC(C3=CCCCC3)C2N2c3cc(-n4c5ccccc5c5cc(Oc6ccccc6)ccc54)ccc3B3c4ccc(-n5c6ccccc6c6cc(Oc7ccccc7)ccc65)cc4N(C4C(C5CC=CCC5)=CCCC4C4=CCCCC4)c4cc(-c5ccccc5)cc2c43)CC1. The summed E-state index contributed by atoms with van der Waals surface area (Å²) >= 11 is 0. The Bertz CT molecular complexity index is 5180. The maximum Gasteiger partial charge on any atom is 0.252 e. The highest BCUT2D eigenvalue weighted by Crippen LogP contribution is 2.54. The Balaban J connectivity index is 0.878. The van der Waals surface area contributed by atoms with E-state index < -0.39 is 0 Å². The van der Waals surface area contributed by atoms with Crippen LogP contribution in [-0.2, 0) is 0 Å². The van der Waals surface area contributed by atoms with Crippen molar-refractivity contribution in [1.29, 1.82) is 0 Å². The van der Waals surface area contributed by atoms with Gasteiger partial charge in [0.05, 0.1) is 34.2 Å². The maximum absolute atomic E-state index is 6.63. The summed E-state index contributed by atoms with van der Waals surface area (Å²) in [5.41, 5.74) is 25.9. The average Bonchev–Trinajstić information content (AvgIpc) is 1.27. The Hall–Kier alpha value is -10.5. The van der Waals surface area contributed by atoms with Crippen molar-refractivity contribution in [3.05, 3.63) is 295 Å². The molecule has 0 saturated heterocycles. The molecule has 506 valence electrons. The topological polar surface area (TPSA) is 34.8 Å². The number of anilines is 4. The summed E-state index contributed by atoms with van der Waals surface area (Å²) in [4.78, 5) is 6.06. The molecular weight excluding hydrogens is 1250 g/mol. The van der Waals surface area contributed by atoms with Gasteiger partial charge in [-0.3, -0.25) is 0 Å². The van der Waals surface area contributed by atoms with E-state index in [4.69, 9.17) is 9.47 Å². The largest absolute Gasteiger partial charge is 0.457 e. The van der Waals surface area contributed by atoms with Crippen LogP contribution in [-0.4, -0.2) is 27.9 Å². The van der Waals surface area contributed by atoms with Gasteiger partial charge >= 0.3 is 0 Å². The monoisotopic (exact) mass is 1340 g/mol. The molecule has 20 rings (SSSR count). The first-order valence-corrected chi connectivity index (χ1v) is 38.8. The van der Waals surface area contributed by atoms with Gasteiger partial charge in [-0.15, -0.1) is 0 Å². The number of hydrogen-bond acceptors (Lipinski definition) is 4. The van der Waals surface area contributed by atoms with Crippen LogP contribution < -0.4 is 35.7 Å². The van der Waals surface area contributed by atoms with Crippen LogP contribution >= 0.6 is 0 Å². The van der Waals surface area contributed by atoms with Crippen molar-refractivity contribution in [1.82, 2.24) is 9.13 Å². The summed E-state index contributed by atoms with van der Waals surface area (Å²) in [5, 5.41) is 4.78. The number of para-hydroxylation sites is 4. The van der Waals surface area contributed by atoms with Gasteiger partial charge in [-0.2, -0.15) is 0 Å². The molecule has 10 aromatic carbocycles. The van der Waals surface area contributed by atoms with Gasteiger partial charge in [0.15, 0.2) is 0 Å². The predicted octanol–water partition coefficient (Wildman–Crippen LogP) is 23.7. The van der Waals surface area contributed by atoms with Gasteiger partial charge in [0.2, 0.25) is 0 Å². The van der Waals surface area contributed by atoms with Crippen LogP contribution in [0.1, 0.15) is 116 Å². The van der Waals surface area contributed by atoms with Crippen LogP contribution in [0.3, 0.4) is 0 Å². The van der Waals surface area contributed by atoms with Gasteiger partial charge in [-0.1, -0.05) is 175 Å². The van der Waals surface area contributed by atoms with Crippen molar-refractivity contribution in [2.24, 2.45) is 23.7 Å². The van der Waals surface area contributed by atoms with Gasteiger partial charge in [0.25, 0.3) is 6.71 Å². The highest BCUT2D eigenvalue weighted by molar-refractivity contribution is 7.00. The summed E-state index contributed by atoms with van der Waals surface area (Å²) in [6.45, 7) is -0.0935. The first-order valence-electron chi connectivity index (χ1n) is 38.8. The van der Waals surface area contributed by atoms with E-state index >= 15 is 0 Å². The number of fused-ring (bicyclic) bond motifs is 10. The molecule has 0 N–H and O–H groups in total.